The van der Waals surface area contributed by atoms with Gasteiger partial charge in [0.05, 0.1) is 4.70 Å². The van der Waals surface area contributed by atoms with E-state index < -0.39 is 23.4 Å². The van der Waals surface area contributed by atoms with Crippen LogP contribution in [0, 0.1) is 31.3 Å². The second-order valence-corrected chi connectivity index (χ2v) is 7.31. The first-order valence-electron chi connectivity index (χ1n) is 8.03. The van der Waals surface area contributed by atoms with Crippen LogP contribution in [-0.4, -0.2) is 20.6 Å². The molecule has 8 heteroatoms. The predicted molar refractivity (Wildman–Crippen MR) is 97.5 cm³/mol. The molecule has 1 N–H and O–H groups in total. The van der Waals surface area contributed by atoms with Gasteiger partial charge >= 0.3 is 5.97 Å². The van der Waals surface area contributed by atoms with Gasteiger partial charge in [-0.3, -0.25) is 4.79 Å². The maximum atomic E-state index is 14.1. The summed E-state index contributed by atoms with van der Waals surface area (Å²) in [6.45, 7) is 3.36. The number of carboxylic acid groups (broad SMARTS) is 1. The quantitative estimate of drug-likeness (QED) is 0.499. The van der Waals surface area contributed by atoms with Crippen LogP contribution < -0.4 is 0 Å². The van der Waals surface area contributed by atoms with E-state index in [1.807, 2.05) is 25.1 Å². The van der Waals surface area contributed by atoms with Crippen molar-refractivity contribution in [3.05, 3.63) is 53.0 Å². The Morgan fingerprint density at radius 3 is 2.63 bits per heavy atom. The number of carboxylic acids is 1. The van der Waals surface area contributed by atoms with Crippen molar-refractivity contribution in [1.82, 2.24) is 9.55 Å². The Labute approximate surface area is 155 Å². The van der Waals surface area contributed by atoms with E-state index in [4.69, 9.17) is 0 Å². The van der Waals surface area contributed by atoms with Crippen molar-refractivity contribution >= 4 is 38.4 Å². The molecule has 0 amide bonds. The minimum atomic E-state index is -1.29. The van der Waals surface area contributed by atoms with Gasteiger partial charge in [-0.15, -0.1) is 11.3 Å². The number of hydrogen-bond acceptors (Lipinski definition) is 3. The molecule has 2 aromatic heterocycles. The van der Waals surface area contributed by atoms with E-state index in [0.29, 0.717) is 27.8 Å². The summed E-state index contributed by atoms with van der Waals surface area (Å²) >= 11 is 0.912. The first-order chi connectivity index (χ1) is 12.8. The van der Waals surface area contributed by atoms with Gasteiger partial charge in [0, 0.05) is 28.2 Å². The van der Waals surface area contributed by atoms with Gasteiger partial charge in [0.15, 0.2) is 11.6 Å². The monoisotopic (exact) mass is 390 g/mol. The third-order valence-electron chi connectivity index (χ3n) is 4.50. The van der Waals surface area contributed by atoms with Gasteiger partial charge in [-0.05, 0) is 25.5 Å². The Balaban J connectivity index is 2.06. The van der Waals surface area contributed by atoms with E-state index in [-0.39, 0.29) is 16.8 Å². The van der Waals surface area contributed by atoms with E-state index in [1.165, 1.54) is 0 Å². The van der Waals surface area contributed by atoms with Crippen LogP contribution in [0.4, 0.5) is 13.2 Å². The van der Waals surface area contributed by atoms with E-state index in [1.54, 1.807) is 11.5 Å². The van der Waals surface area contributed by atoms with E-state index in [0.717, 1.165) is 22.3 Å². The van der Waals surface area contributed by atoms with Crippen molar-refractivity contribution in [3.8, 4) is 10.6 Å². The first kappa shape index (κ1) is 17.5. The third-order valence-corrected chi connectivity index (χ3v) is 5.58. The lowest BCUT2D eigenvalue weighted by Gasteiger charge is -2.05. The highest BCUT2D eigenvalue weighted by Gasteiger charge is 2.23. The van der Waals surface area contributed by atoms with E-state index in [2.05, 4.69) is 4.98 Å². The normalized spacial score (nSPS) is 11.6. The van der Waals surface area contributed by atoms with Gasteiger partial charge in [-0.1, -0.05) is 12.1 Å². The molecule has 0 unspecified atom stereocenters. The molecule has 0 radical (unpaired) electrons. The number of fused-ring (bicyclic) bond motifs is 2. The van der Waals surface area contributed by atoms with Gasteiger partial charge in [0.2, 0.25) is 0 Å². The van der Waals surface area contributed by atoms with Gasteiger partial charge in [0.1, 0.15) is 22.9 Å². The smallest absolute Gasteiger partial charge is 0.323 e. The Hall–Kier alpha value is -2.87. The molecule has 0 aliphatic rings. The fourth-order valence-corrected chi connectivity index (χ4v) is 4.37. The maximum Gasteiger partial charge on any atom is 0.323 e. The number of benzene rings is 2. The highest BCUT2D eigenvalue weighted by molar-refractivity contribution is 7.21. The lowest BCUT2D eigenvalue weighted by atomic mass is 10.1. The van der Waals surface area contributed by atoms with Gasteiger partial charge in [0.25, 0.3) is 0 Å². The molecule has 138 valence electrons. The summed E-state index contributed by atoms with van der Waals surface area (Å²) in [6.07, 6.45) is 0. The fourth-order valence-electron chi connectivity index (χ4n) is 3.29. The topological polar surface area (TPSA) is 55.1 Å². The summed E-state index contributed by atoms with van der Waals surface area (Å²) in [5, 5.41) is 10.3. The van der Waals surface area contributed by atoms with Gasteiger partial charge < -0.3 is 9.67 Å². The second-order valence-electron chi connectivity index (χ2n) is 6.31. The van der Waals surface area contributed by atoms with Crippen molar-refractivity contribution in [2.75, 3.05) is 0 Å². The molecule has 0 atom stereocenters. The van der Waals surface area contributed by atoms with Crippen LogP contribution in [0.3, 0.4) is 0 Å². The number of aliphatic carboxylic acids is 1. The molecule has 4 aromatic rings. The number of aryl methyl sites for hydroxylation is 1. The Kier molecular flexibility index (Phi) is 3.96. The number of nitrogens with zero attached hydrogens (tertiary/aromatic N) is 2. The molecule has 0 aliphatic heterocycles. The summed E-state index contributed by atoms with van der Waals surface area (Å²) in [5.41, 5.74) is 2.47. The molecule has 4 nitrogen and oxygen atoms in total. The highest BCUT2D eigenvalue weighted by Crippen LogP contribution is 2.40. The van der Waals surface area contributed by atoms with Crippen molar-refractivity contribution in [3.63, 3.8) is 0 Å². The molecule has 0 fully saturated rings. The minimum absolute atomic E-state index is 0.0745. The van der Waals surface area contributed by atoms with Gasteiger partial charge in [-0.25, -0.2) is 18.2 Å². The summed E-state index contributed by atoms with van der Waals surface area (Å²) in [5.74, 6) is -4.38. The Morgan fingerprint density at radius 2 is 1.93 bits per heavy atom. The second kappa shape index (κ2) is 6.09. The molecule has 0 aliphatic carbocycles. The molecular formula is C19H13F3N2O2S. The molecular weight excluding hydrogens is 377 g/mol. The number of aromatic nitrogens is 2. The summed E-state index contributed by atoms with van der Waals surface area (Å²) in [4.78, 5) is 15.4. The molecule has 27 heavy (non-hydrogen) atoms. The molecule has 4 rings (SSSR count). The summed E-state index contributed by atoms with van der Waals surface area (Å²) < 4.78 is 43.2. The largest absolute Gasteiger partial charge is 0.480 e. The lowest BCUT2D eigenvalue weighted by molar-refractivity contribution is -0.137. The SMILES string of the molecule is Cc1ccc2c(-c3nc4c(F)c(F)cc(F)c4s3)c(C)n(CC(=O)O)c2c1. The van der Waals surface area contributed by atoms with Crippen molar-refractivity contribution in [2.45, 2.75) is 20.4 Å². The van der Waals surface area contributed by atoms with Gasteiger partial charge in [-0.2, -0.15) is 0 Å². The van der Waals surface area contributed by atoms with Crippen LogP contribution in [0.1, 0.15) is 11.3 Å². The number of carbonyl (C=O) groups is 1. The van der Waals surface area contributed by atoms with Crippen LogP contribution >= 0.6 is 11.3 Å². The van der Waals surface area contributed by atoms with Crippen LogP contribution in [0.5, 0.6) is 0 Å². The molecule has 0 saturated carbocycles. The van der Waals surface area contributed by atoms with Crippen LogP contribution in [0.2, 0.25) is 0 Å². The standard InChI is InChI=1S/C19H13F3N2O2S/c1-8-3-4-10-13(5-8)24(7-14(25)26)9(2)15(10)19-23-17-16(22)11(20)6-12(21)18(17)27-19/h3-6H,7H2,1-2H3,(H,25,26). The first-order valence-corrected chi connectivity index (χ1v) is 8.85. The van der Waals surface area contributed by atoms with Crippen molar-refractivity contribution in [1.29, 1.82) is 0 Å². The van der Waals surface area contributed by atoms with E-state index >= 15 is 0 Å². The average Bonchev–Trinajstić information content (AvgIpc) is 3.14. The lowest BCUT2D eigenvalue weighted by Crippen LogP contribution is -2.09. The molecule has 0 bridgehead atoms. The number of thiazole rings is 1. The maximum absolute atomic E-state index is 14.1. The van der Waals surface area contributed by atoms with E-state index in [9.17, 15) is 23.1 Å². The Morgan fingerprint density at radius 1 is 1.19 bits per heavy atom. The summed E-state index contributed by atoms with van der Waals surface area (Å²) in [6, 6.07) is 6.04. The van der Waals surface area contributed by atoms with Crippen LogP contribution in [0.25, 0.3) is 31.7 Å². The molecule has 2 aromatic carbocycles. The number of rotatable bonds is 3. The zero-order chi connectivity index (χ0) is 19.5. The molecule has 0 saturated heterocycles. The zero-order valence-corrected chi connectivity index (χ0v) is 15.1. The zero-order valence-electron chi connectivity index (χ0n) is 14.3. The fraction of sp³-hybridized carbons (Fsp3) is 0.158. The number of hydrogen-bond donors (Lipinski definition) is 1. The minimum Gasteiger partial charge on any atom is -0.480 e. The predicted octanol–water partition coefficient (Wildman–Crippen LogP) is 5.04. The molecule has 0 spiro atoms. The van der Waals surface area contributed by atoms with Crippen LogP contribution in [0.15, 0.2) is 24.3 Å². The van der Waals surface area contributed by atoms with Crippen molar-refractivity contribution < 1.29 is 23.1 Å². The Bertz CT molecular complexity index is 1240. The molecule has 2 heterocycles. The van der Waals surface area contributed by atoms with Crippen LogP contribution in [-0.2, 0) is 11.3 Å². The van der Waals surface area contributed by atoms with Crippen molar-refractivity contribution in [2.24, 2.45) is 0 Å². The number of halogens is 3. The highest BCUT2D eigenvalue weighted by atomic mass is 32.1. The summed E-state index contributed by atoms with van der Waals surface area (Å²) in [7, 11) is 0. The third kappa shape index (κ3) is 2.68. The average molecular weight is 390 g/mol.